The summed E-state index contributed by atoms with van der Waals surface area (Å²) in [5.74, 6) is -0.305. The molecule has 10 nitrogen and oxygen atoms in total. The van der Waals surface area contributed by atoms with Crippen molar-refractivity contribution in [3.05, 3.63) is 57.6 Å². The number of hydrogen-bond acceptors (Lipinski definition) is 10. The zero-order valence-corrected chi connectivity index (χ0v) is 32.4. The predicted molar refractivity (Wildman–Crippen MR) is 194 cm³/mol. The lowest BCUT2D eigenvalue weighted by molar-refractivity contribution is -0.319. The summed E-state index contributed by atoms with van der Waals surface area (Å²) in [6.45, 7) is 21.8. The Balaban J connectivity index is 1.13. The van der Waals surface area contributed by atoms with Crippen LogP contribution in [-0.2, 0) is 61.7 Å². The first-order valence-corrected chi connectivity index (χ1v) is 18.2. The van der Waals surface area contributed by atoms with Crippen molar-refractivity contribution in [2.45, 2.75) is 118 Å². The lowest BCUT2D eigenvalue weighted by Crippen LogP contribution is -2.54. The molecule has 2 aliphatic heterocycles. The molecule has 2 fully saturated rings. The molecule has 0 bridgehead atoms. The summed E-state index contributed by atoms with van der Waals surface area (Å²) in [7, 11) is 0. The van der Waals surface area contributed by atoms with Gasteiger partial charge in [-0.2, -0.15) is 0 Å². The summed E-state index contributed by atoms with van der Waals surface area (Å²) >= 11 is 0. The summed E-state index contributed by atoms with van der Waals surface area (Å²) < 4.78 is 35.4. The van der Waals surface area contributed by atoms with E-state index in [0.29, 0.717) is 50.8 Å². The van der Waals surface area contributed by atoms with Crippen molar-refractivity contribution in [1.29, 1.82) is 0 Å². The number of rotatable bonds is 12. The third kappa shape index (κ3) is 10.9. The molecule has 2 heterocycles. The van der Waals surface area contributed by atoms with Crippen LogP contribution in [-0.4, -0.2) is 74.4 Å². The molecule has 284 valence electrons. The Labute approximate surface area is 304 Å². The van der Waals surface area contributed by atoms with E-state index in [1.54, 1.807) is 0 Å². The van der Waals surface area contributed by atoms with E-state index >= 15 is 0 Å². The molecule has 2 aromatic carbocycles. The molecule has 2 saturated heterocycles. The predicted octanol–water partition coefficient (Wildman–Crippen LogP) is 6.97. The Bertz CT molecular complexity index is 1380. The molecule has 2 aromatic rings. The maximum atomic E-state index is 12.6. The standard InChI is InChI=1S/C41H60O10/c1-25-15-29(17-31(35(25)44)39(5,6)7)11-13-33(42)46-19-27(3)37-48-21-41(22-49-37)23-50-38(51-24-41)28(4)20-47-34(43)14-12-30-16-26(2)36(45)32(18-30)40(8,9)10/h15-18,27-28,37-38,44-45H,11-14,19-24H2,1-10H3. The Morgan fingerprint density at radius 3 is 1.33 bits per heavy atom. The minimum Gasteiger partial charge on any atom is -0.507 e. The number of aryl methyl sites for hydroxylation is 4. The van der Waals surface area contributed by atoms with Crippen LogP contribution in [0.3, 0.4) is 0 Å². The van der Waals surface area contributed by atoms with Crippen molar-refractivity contribution in [3.63, 3.8) is 0 Å². The van der Waals surface area contributed by atoms with Gasteiger partial charge in [0.1, 0.15) is 11.5 Å². The molecule has 2 N–H and O–H groups in total. The molecular formula is C41H60O10. The summed E-state index contributed by atoms with van der Waals surface area (Å²) in [6.07, 6.45) is 0.497. The lowest BCUT2D eigenvalue weighted by Gasteiger charge is -2.45. The maximum absolute atomic E-state index is 12.6. The molecule has 0 saturated carbocycles. The van der Waals surface area contributed by atoms with E-state index in [1.807, 2.05) is 52.0 Å². The second-order valence-electron chi connectivity index (χ2n) is 16.9. The largest absolute Gasteiger partial charge is 0.507 e. The average molecular weight is 713 g/mol. The fourth-order valence-corrected chi connectivity index (χ4v) is 6.42. The lowest BCUT2D eigenvalue weighted by atomic mass is 9.83. The molecule has 0 aliphatic carbocycles. The van der Waals surface area contributed by atoms with Crippen LogP contribution >= 0.6 is 0 Å². The van der Waals surface area contributed by atoms with E-state index < -0.39 is 18.0 Å². The number of ether oxygens (including phenoxy) is 6. The Morgan fingerprint density at radius 2 is 1.02 bits per heavy atom. The van der Waals surface area contributed by atoms with Gasteiger partial charge in [-0.15, -0.1) is 0 Å². The van der Waals surface area contributed by atoms with Crippen molar-refractivity contribution in [3.8, 4) is 11.5 Å². The van der Waals surface area contributed by atoms with E-state index in [4.69, 9.17) is 28.4 Å². The summed E-state index contributed by atoms with van der Waals surface area (Å²) in [5, 5.41) is 21.0. The second-order valence-corrected chi connectivity index (χ2v) is 16.9. The molecule has 51 heavy (non-hydrogen) atoms. The van der Waals surface area contributed by atoms with Gasteiger partial charge < -0.3 is 38.6 Å². The number of hydrogen-bond donors (Lipinski definition) is 2. The van der Waals surface area contributed by atoms with Crippen molar-refractivity contribution in [1.82, 2.24) is 0 Å². The van der Waals surface area contributed by atoms with Crippen LogP contribution in [0.5, 0.6) is 11.5 Å². The van der Waals surface area contributed by atoms with Crippen LogP contribution in [0.2, 0.25) is 0 Å². The minimum absolute atomic E-state index is 0.166. The molecule has 0 radical (unpaired) electrons. The van der Waals surface area contributed by atoms with Crippen LogP contribution in [0.25, 0.3) is 0 Å². The van der Waals surface area contributed by atoms with Crippen LogP contribution < -0.4 is 0 Å². The topological polar surface area (TPSA) is 130 Å². The first kappa shape index (κ1) is 40.6. The van der Waals surface area contributed by atoms with E-state index in [9.17, 15) is 19.8 Å². The molecule has 1 spiro atoms. The quantitative estimate of drug-likeness (QED) is 0.223. The zero-order valence-electron chi connectivity index (χ0n) is 32.4. The Kier molecular flexibility index (Phi) is 13.3. The van der Waals surface area contributed by atoms with E-state index in [-0.39, 0.29) is 60.7 Å². The zero-order chi connectivity index (χ0) is 37.7. The van der Waals surface area contributed by atoms with Gasteiger partial charge in [-0.25, -0.2) is 0 Å². The number of carbonyl (C=O) groups is 2. The molecule has 2 aliphatic rings. The van der Waals surface area contributed by atoms with Crippen LogP contribution in [0.15, 0.2) is 24.3 Å². The normalized spacial score (nSPS) is 22.4. The molecule has 0 amide bonds. The highest BCUT2D eigenvalue weighted by atomic mass is 16.7. The van der Waals surface area contributed by atoms with Gasteiger partial charge in [0.15, 0.2) is 12.6 Å². The second kappa shape index (κ2) is 16.7. The van der Waals surface area contributed by atoms with Crippen molar-refractivity contribution < 1.29 is 48.2 Å². The fourth-order valence-electron chi connectivity index (χ4n) is 6.42. The summed E-state index contributed by atoms with van der Waals surface area (Å²) in [6, 6.07) is 7.78. The molecule has 2 atom stereocenters. The Morgan fingerprint density at radius 1 is 0.686 bits per heavy atom. The van der Waals surface area contributed by atoms with E-state index in [2.05, 4.69) is 41.5 Å². The number of esters is 2. The number of aromatic hydroxyl groups is 2. The number of phenolic OH excluding ortho intramolecular Hbond substituents is 2. The van der Waals surface area contributed by atoms with Crippen molar-refractivity contribution >= 4 is 11.9 Å². The first-order chi connectivity index (χ1) is 23.8. The SMILES string of the molecule is Cc1cc(CCC(=O)OCC(C)C2OCC3(CO2)COC(C(C)COC(=O)CCc2cc(C)c(O)c(C(C)(C)C)c2)OC3)cc(C(C)(C)C)c1O. The highest BCUT2D eigenvalue weighted by Gasteiger charge is 2.44. The van der Waals surface area contributed by atoms with Crippen LogP contribution in [0.1, 0.15) is 102 Å². The smallest absolute Gasteiger partial charge is 0.306 e. The maximum Gasteiger partial charge on any atom is 0.306 e. The van der Waals surface area contributed by atoms with Gasteiger partial charge in [-0.05, 0) is 70.9 Å². The number of benzene rings is 2. The summed E-state index contributed by atoms with van der Waals surface area (Å²) in [4.78, 5) is 25.2. The van der Waals surface area contributed by atoms with Crippen LogP contribution in [0, 0.1) is 31.1 Å². The Hall–Kier alpha value is -3.18. The molecule has 0 aromatic heterocycles. The van der Waals surface area contributed by atoms with Crippen molar-refractivity contribution in [2.75, 3.05) is 39.6 Å². The monoisotopic (exact) mass is 712 g/mol. The third-order valence-electron chi connectivity index (χ3n) is 9.73. The highest BCUT2D eigenvalue weighted by molar-refractivity contribution is 5.70. The van der Waals surface area contributed by atoms with E-state index in [0.717, 1.165) is 33.4 Å². The highest BCUT2D eigenvalue weighted by Crippen LogP contribution is 2.36. The number of carbonyl (C=O) groups excluding carboxylic acids is 2. The van der Waals surface area contributed by atoms with Gasteiger partial charge in [-0.1, -0.05) is 79.7 Å². The van der Waals surface area contributed by atoms with E-state index in [1.165, 1.54) is 0 Å². The molecule has 2 unspecified atom stereocenters. The molecule has 10 heteroatoms. The van der Waals surface area contributed by atoms with Gasteiger partial charge in [0, 0.05) is 24.7 Å². The fraction of sp³-hybridized carbons (Fsp3) is 0.659. The van der Waals surface area contributed by atoms with Gasteiger partial charge >= 0.3 is 11.9 Å². The average Bonchev–Trinajstić information content (AvgIpc) is 3.06. The third-order valence-corrected chi connectivity index (χ3v) is 9.73. The van der Waals surface area contributed by atoms with Crippen molar-refractivity contribution in [2.24, 2.45) is 17.3 Å². The summed E-state index contributed by atoms with van der Waals surface area (Å²) in [5.41, 5.74) is 4.46. The molecular weight excluding hydrogens is 652 g/mol. The molecule has 4 rings (SSSR count). The van der Waals surface area contributed by atoms with Gasteiger partial charge in [0.05, 0.1) is 45.1 Å². The number of phenols is 2. The van der Waals surface area contributed by atoms with Gasteiger partial charge in [0.25, 0.3) is 0 Å². The van der Waals surface area contributed by atoms with Gasteiger partial charge in [0.2, 0.25) is 0 Å². The first-order valence-electron chi connectivity index (χ1n) is 18.2. The van der Waals surface area contributed by atoms with Crippen LogP contribution in [0.4, 0.5) is 0 Å². The van der Waals surface area contributed by atoms with Gasteiger partial charge in [-0.3, -0.25) is 9.59 Å². The minimum atomic E-state index is -0.515.